The van der Waals surface area contributed by atoms with E-state index in [1.54, 1.807) is 0 Å². The summed E-state index contributed by atoms with van der Waals surface area (Å²) in [6.07, 6.45) is 0. The molecule has 1 saturated heterocycles. The highest BCUT2D eigenvalue weighted by Gasteiger charge is 2.22. The van der Waals surface area contributed by atoms with Crippen molar-refractivity contribution in [2.45, 2.75) is 19.9 Å². The number of aryl methyl sites for hydroxylation is 2. The molecule has 1 aromatic carbocycles. The van der Waals surface area contributed by atoms with Crippen LogP contribution < -0.4 is 5.73 Å². The van der Waals surface area contributed by atoms with Gasteiger partial charge in [-0.1, -0.05) is 23.8 Å². The summed E-state index contributed by atoms with van der Waals surface area (Å²) in [4.78, 5) is 2.54. The minimum atomic E-state index is 0.400. The topological polar surface area (TPSA) is 29.3 Å². The lowest BCUT2D eigenvalue weighted by Gasteiger charge is -2.34. The highest BCUT2D eigenvalue weighted by atomic mass is 32.2. The fourth-order valence-electron chi connectivity index (χ4n) is 2.56. The molecule has 94 valence electrons. The molecular weight excluding hydrogens is 228 g/mol. The van der Waals surface area contributed by atoms with Gasteiger partial charge in [-0.15, -0.1) is 0 Å². The third kappa shape index (κ3) is 3.03. The first-order valence-corrected chi connectivity index (χ1v) is 7.47. The zero-order valence-electron chi connectivity index (χ0n) is 10.8. The molecule has 1 aliphatic heterocycles. The van der Waals surface area contributed by atoms with Gasteiger partial charge in [-0.05, 0) is 25.0 Å². The molecule has 1 heterocycles. The van der Waals surface area contributed by atoms with Gasteiger partial charge >= 0.3 is 0 Å². The molecule has 0 aliphatic carbocycles. The van der Waals surface area contributed by atoms with Gasteiger partial charge in [0.15, 0.2) is 0 Å². The summed E-state index contributed by atoms with van der Waals surface area (Å²) in [6, 6.07) is 7.11. The number of benzene rings is 1. The fraction of sp³-hybridized carbons (Fsp3) is 0.571. The summed E-state index contributed by atoms with van der Waals surface area (Å²) >= 11 is 2.05. The van der Waals surface area contributed by atoms with E-state index in [1.165, 1.54) is 41.3 Å². The minimum absolute atomic E-state index is 0.400. The van der Waals surface area contributed by atoms with Crippen LogP contribution in [0.5, 0.6) is 0 Å². The van der Waals surface area contributed by atoms with Crippen molar-refractivity contribution in [3.05, 3.63) is 34.9 Å². The maximum atomic E-state index is 5.99. The number of hydrogen-bond donors (Lipinski definition) is 1. The second-order valence-corrected chi connectivity index (χ2v) is 5.98. The van der Waals surface area contributed by atoms with Crippen molar-refractivity contribution in [3.8, 4) is 0 Å². The van der Waals surface area contributed by atoms with E-state index in [2.05, 4.69) is 36.9 Å². The Morgan fingerprint density at radius 2 is 2.00 bits per heavy atom. The first-order valence-electron chi connectivity index (χ1n) is 6.31. The molecule has 1 fully saturated rings. The molecule has 1 aromatic rings. The largest absolute Gasteiger partial charge is 0.329 e. The number of rotatable bonds is 3. The first-order chi connectivity index (χ1) is 8.22. The lowest BCUT2D eigenvalue weighted by atomic mass is 9.98. The highest BCUT2D eigenvalue weighted by Crippen LogP contribution is 2.26. The zero-order valence-corrected chi connectivity index (χ0v) is 11.6. The van der Waals surface area contributed by atoms with E-state index in [0.717, 1.165) is 0 Å². The Balaban J connectivity index is 2.21. The second-order valence-electron chi connectivity index (χ2n) is 4.76. The Morgan fingerprint density at radius 1 is 1.29 bits per heavy atom. The Labute approximate surface area is 109 Å². The Morgan fingerprint density at radius 3 is 2.59 bits per heavy atom. The van der Waals surface area contributed by atoms with Crippen molar-refractivity contribution >= 4 is 11.8 Å². The van der Waals surface area contributed by atoms with Crippen molar-refractivity contribution in [3.63, 3.8) is 0 Å². The van der Waals surface area contributed by atoms with Crippen LogP contribution >= 0.6 is 11.8 Å². The van der Waals surface area contributed by atoms with Crippen LogP contribution in [0.3, 0.4) is 0 Å². The van der Waals surface area contributed by atoms with Crippen LogP contribution in [0, 0.1) is 13.8 Å². The summed E-state index contributed by atoms with van der Waals surface area (Å²) in [6.45, 7) is 7.39. The first kappa shape index (κ1) is 12.9. The molecule has 1 unspecified atom stereocenters. The molecule has 0 saturated carbocycles. The van der Waals surface area contributed by atoms with Crippen LogP contribution in [-0.2, 0) is 0 Å². The third-order valence-electron chi connectivity index (χ3n) is 3.49. The lowest BCUT2D eigenvalue weighted by molar-refractivity contribution is 0.222. The van der Waals surface area contributed by atoms with Gasteiger partial charge in [-0.25, -0.2) is 0 Å². The minimum Gasteiger partial charge on any atom is -0.329 e. The normalized spacial score (nSPS) is 19.2. The maximum absolute atomic E-state index is 5.99. The van der Waals surface area contributed by atoms with Gasteiger partial charge in [-0.3, -0.25) is 4.90 Å². The number of nitrogens with two attached hydrogens (primary N) is 1. The molecule has 17 heavy (non-hydrogen) atoms. The van der Waals surface area contributed by atoms with Crippen LogP contribution in [0.15, 0.2) is 18.2 Å². The van der Waals surface area contributed by atoms with E-state index in [9.17, 15) is 0 Å². The van der Waals surface area contributed by atoms with E-state index in [-0.39, 0.29) is 0 Å². The third-order valence-corrected chi connectivity index (χ3v) is 4.44. The monoisotopic (exact) mass is 250 g/mol. The standard InChI is InChI=1S/C14H22N2S/c1-11-3-4-13(12(2)9-11)14(10-15)16-5-7-17-8-6-16/h3-4,9,14H,5-8,10,15H2,1-2H3. The van der Waals surface area contributed by atoms with Gasteiger partial charge in [0.25, 0.3) is 0 Å². The number of nitrogens with zero attached hydrogens (tertiary/aromatic N) is 1. The fourth-order valence-corrected chi connectivity index (χ4v) is 3.49. The molecule has 0 spiro atoms. The predicted molar refractivity (Wildman–Crippen MR) is 76.6 cm³/mol. The molecule has 1 atom stereocenters. The smallest absolute Gasteiger partial charge is 0.0473 e. The van der Waals surface area contributed by atoms with E-state index in [4.69, 9.17) is 5.73 Å². The summed E-state index contributed by atoms with van der Waals surface area (Å²) in [5.74, 6) is 2.48. The van der Waals surface area contributed by atoms with Gasteiger partial charge in [-0.2, -0.15) is 11.8 Å². The van der Waals surface area contributed by atoms with Crippen LogP contribution in [0.2, 0.25) is 0 Å². The van der Waals surface area contributed by atoms with Gasteiger partial charge in [0.1, 0.15) is 0 Å². The predicted octanol–water partition coefficient (Wildman–Crippen LogP) is 2.35. The zero-order chi connectivity index (χ0) is 12.3. The molecular formula is C14H22N2S. The lowest BCUT2D eigenvalue weighted by Crippen LogP contribution is -2.39. The van der Waals surface area contributed by atoms with Crippen molar-refractivity contribution < 1.29 is 0 Å². The average Bonchev–Trinajstić information content (AvgIpc) is 2.34. The van der Waals surface area contributed by atoms with Gasteiger partial charge in [0, 0.05) is 37.2 Å². The molecule has 0 bridgehead atoms. The van der Waals surface area contributed by atoms with E-state index >= 15 is 0 Å². The Hall–Kier alpha value is -0.510. The highest BCUT2D eigenvalue weighted by molar-refractivity contribution is 7.99. The Bertz CT molecular complexity index is 372. The summed E-state index contributed by atoms with van der Waals surface area (Å²) in [7, 11) is 0. The summed E-state index contributed by atoms with van der Waals surface area (Å²) in [5.41, 5.74) is 10.1. The SMILES string of the molecule is Cc1ccc(C(CN)N2CCSCC2)c(C)c1. The van der Waals surface area contributed by atoms with E-state index in [1.807, 2.05) is 11.8 Å². The molecule has 0 radical (unpaired) electrons. The van der Waals surface area contributed by atoms with Crippen molar-refractivity contribution in [2.75, 3.05) is 31.1 Å². The molecule has 0 aromatic heterocycles. The van der Waals surface area contributed by atoms with Crippen molar-refractivity contribution in [1.82, 2.24) is 4.90 Å². The van der Waals surface area contributed by atoms with Crippen LogP contribution in [0.1, 0.15) is 22.7 Å². The van der Waals surface area contributed by atoms with Crippen LogP contribution in [0.4, 0.5) is 0 Å². The van der Waals surface area contributed by atoms with E-state index < -0.39 is 0 Å². The number of hydrogen-bond acceptors (Lipinski definition) is 3. The second kappa shape index (κ2) is 5.89. The molecule has 2 N–H and O–H groups in total. The van der Waals surface area contributed by atoms with Gasteiger partial charge in [0.2, 0.25) is 0 Å². The molecule has 3 heteroatoms. The molecule has 2 rings (SSSR count). The van der Waals surface area contributed by atoms with Crippen molar-refractivity contribution in [1.29, 1.82) is 0 Å². The van der Waals surface area contributed by atoms with Crippen molar-refractivity contribution in [2.24, 2.45) is 5.73 Å². The molecule has 2 nitrogen and oxygen atoms in total. The summed E-state index contributed by atoms with van der Waals surface area (Å²) in [5, 5.41) is 0. The quantitative estimate of drug-likeness (QED) is 0.893. The van der Waals surface area contributed by atoms with Crippen LogP contribution in [0.25, 0.3) is 0 Å². The van der Waals surface area contributed by atoms with E-state index in [0.29, 0.717) is 12.6 Å². The Kier molecular flexibility index (Phi) is 4.48. The maximum Gasteiger partial charge on any atom is 0.0473 e. The molecule has 0 amide bonds. The van der Waals surface area contributed by atoms with Gasteiger partial charge < -0.3 is 5.73 Å². The van der Waals surface area contributed by atoms with Crippen LogP contribution in [-0.4, -0.2) is 36.0 Å². The summed E-state index contributed by atoms with van der Waals surface area (Å²) < 4.78 is 0. The van der Waals surface area contributed by atoms with Gasteiger partial charge in [0.05, 0.1) is 0 Å². The molecule has 1 aliphatic rings. The number of thioether (sulfide) groups is 1. The average molecular weight is 250 g/mol.